The number of anilines is 1. The summed E-state index contributed by atoms with van der Waals surface area (Å²) in [6.07, 6.45) is 0.674. The molecule has 1 atom stereocenters. The highest BCUT2D eigenvalue weighted by molar-refractivity contribution is 9.10. The molecule has 4 rings (SSSR count). The maximum atomic E-state index is 13.0. The average molecular weight is 470 g/mol. The Kier molecular flexibility index (Phi) is 5.29. The van der Waals surface area contributed by atoms with Crippen molar-refractivity contribution in [2.45, 2.75) is 19.4 Å². The van der Waals surface area contributed by atoms with Crippen LogP contribution in [0.4, 0.5) is 5.13 Å². The van der Waals surface area contributed by atoms with E-state index < -0.39 is 17.7 Å². The maximum absolute atomic E-state index is 13.0. The van der Waals surface area contributed by atoms with Gasteiger partial charge in [0.05, 0.1) is 11.6 Å². The van der Waals surface area contributed by atoms with Gasteiger partial charge in [0.15, 0.2) is 0 Å². The predicted octanol–water partition coefficient (Wildman–Crippen LogP) is 4.49. The van der Waals surface area contributed by atoms with Gasteiger partial charge in [0.2, 0.25) is 5.13 Å². The van der Waals surface area contributed by atoms with E-state index >= 15 is 0 Å². The summed E-state index contributed by atoms with van der Waals surface area (Å²) in [6, 6.07) is 15.2. The minimum atomic E-state index is -0.801. The largest absolute Gasteiger partial charge is 0.507 e. The van der Waals surface area contributed by atoms with Crippen LogP contribution in [0.1, 0.15) is 29.1 Å². The highest BCUT2D eigenvalue weighted by Crippen LogP contribution is 2.43. The molecule has 1 aliphatic heterocycles. The number of carbonyl (C=O) groups excluding carboxylic acids is 2. The quantitative estimate of drug-likeness (QED) is 0.345. The molecule has 1 fully saturated rings. The van der Waals surface area contributed by atoms with Crippen LogP contribution in [-0.4, -0.2) is 27.0 Å². The Labute approximate surface area is 179 Å². The van der Waals surface area contributed by atoms with Crippen molar-refractivity contribution >= 4 is 49.8 Å². The van der Waals surface area contributed by atoms with Crippen molar-refractivity contribution in [1.82, 2.24) is 10.2 Å². The minimum Gasteiger partial charge on any atom is -0.507 e. The molecule has 0 bridgehead atoms. The van der Waals surface area contributed by atoms with Gasteiger partial charge in [-0.2, -0.15) is 0 Å². The molecular weight excluding hydrogens is 454 g/mol. The third-order valence-corrected chi connectivity index (χ3v) is 6.18. The van der Waals surface area contributed by atoms with Crippen LogP contribution in [0, 0.1) is 0 Å². The number of carbonyl (C=O) groups is 2. The fraction of sp³-hybridized carbons (Fsp3) is 0.143. The van der Waals surface area contributed by atoms with Crippen molar-refractivity contribution in [2.24, 2.45) is 0 Å². The highest BCUT2D eigenvalue weighted by atomic mass is 79.9. The topological polar surface area (TPSA) is 83.4 Å². The third-order valence-electron chi connectivity index (χ3n) is 4.62. The number of aliphatic hydroxyl groups is 1. The number of aryl methyl sites for hydroxylation is 1. The Morgan fingerprint density at radius 3 is 2.55 bits per heavy atom. The van der Waals surface area contributed by atoms with Crippen LogP contribution in [0.2, 0.25) is 0 Å². The van der Waals surface area contributed by atoms with Crippen molar-refractivity contribution in [3.8, 4) is 0 Å². The van der Waals surface area contributed by atoms with Gasteiger partial charge in [0.25, 0.3) is 5.78 Å². The van der Waals surface area contributed by atoms with Gasteiger partial charge < -0.3 is 5.11 Å². The number of amides is 1. The van der Waals surface area contributed by atoms with Crippen LogP contribution in [0.3, 0.4) is 0 Å². The van der Waals surface area contributed by atoms with E-state index in [2.05, 4.69) is 26.1 Å². The van der Waals surface area contributed by atoms with Crippen LogP contribution in [0.25, 0.3) is 5.76 Å². The molecule has 0 radical (unpaired) electrons. The van der Waals surface area contributed by atoms with E-state index in [4.69, 9.17) is 0 Å². The Hall–Kier alpha value is -2.84. The SMILES string of the molecule is CCc1nnc(N2C(=O)C(=O)/C(=C(/O)c3ccccc3)C2c2cccc(Br)c2)s1. The predicted molar refractivity (Wildman–Crippen MR) is 115 cm³/mol. The lowest BCUT2D eigenvalue weighted by atomic mass is 9.95. The lowest BCUT2D eigenvalue weighted by molar-refractivity contribution is -0.132. The fourth-order valence-electron chi connectivity index (χ4n) is 3.26. The van der Waals surface area contributed by atoms with Crippen molar-refractivity contribution in [3.05, 3.63) is 80.8 Å². The number of benzene rings is 2. The molecule has 2 aromatic carbocycles. The van der Waals surface area contributed by atoms with Gasteiger partial charge in [0, 0.05) is 10.0 Å². The van der Waals surface area contributed by atoms with Gasteiger partial charge in [-0.05, 0) is 24.1 Å². The summed E-state index contributed by atoms with van der Waals surface area (Å²) in [7, 11) is 0. The standard InChI is InChI=1S/C21H16BrN3O3S/c1-2-15-23-24-21(29-15)25-17(13-9-6-10-14(22)11-13)16(19(27)20(25)28)18(26)12-7-4-3-5-8-12/h3-11,17,26H,2H2,1H3/b18-16+. The smallest absolute Gasteiger partial charge is 0.301 e. The second-order valence-electron chi connectivity index (χ2n) is 6.42. The molecule has 1 aromatic heterocycles. The van der Waals surface area contributed by atoms with Gasteiger partial charge in [-0.3, -0.25) is 14.5 Å². The Morgan fingerprint density at radius 2 is 1.90 bits per heavy atom. The lowest BCUT2D eigenvalue weighted by Crippen LogP contribution is -2.29. The monoisotopic (exact) mass is 469 g/mol. The van der Waals surface area contributed by atoms with Crippen LogP contribution in [-0.2, 0) is 16.0 Å². The molecule has 0 saturated carbocycles. The zero-order chi connectivity index (χ0) is 20.5. The molecule has 146 valence electrons. The molecule has 29 heavy (non-hydrogen) atoms. The van der Waals surface area contributed by atoms with Gasteiger partial charge in [-0.15, -0.1) is 10.2 Å². The first-order valence-corrected chi connectivity index (χ1v) is 10.6. The summed E-state index contributed by atoms with van der Waals surface area (Å²) in [5, 5.41) is 20.3. The molecule has 2 heterocycles. The second-order valence-corrected chi connectivity index (χ2v) is 8.38. The zero-order valence-corrected chi connectivity index (χ0v) is 17.8. The van der Waals surface area contributed by atoms with Gasteiger partial charge in [-0.25, -0.2) is 0 Å². The number of ketones is 1. The molecule has 1 amide bonds. The van der Waals surface area contributed by atoms with Crippen LogP contribution in [0.15, 0.2) is 64.6 Å². The number of aliphatic hydroxyl groups excluding tert-OH is 1. The summed E-state index contributed by atoms with van der Waals surface area (Å²) in [5.74, 6) is -1.69. The lowest BCUT2D eigenvalue weighted by Gasteiger charge is -2.22. The first-order chi connectivity index (χ1) is 14.0. The van der Waals surface area contributed by atoms with Gasteiger partial charge in [-0.1, -0.05) is 76.7 Å². The maximum Gasteiger partial charge on any atom is 0.301 e. The number of hydrogen-bond donors (Lipinski definition) is 1. The Balaban J connectivity index is 1.94. The number of hydrogen-bond acceptors (Lipinski definition) is 6. The van der Waals surface area contributed by atoms with Crippen molar-refractivity contribution in [2.75, 3.05) is 4.90 Å². The van der Waals surface area contributed by atoms with E-state index in [-0.39, 0.29) is 11.3 Å². The van der Waals surface area contributed by atoms with Crippen LogP contribution in [0.5, 0.6) is 0 Å². The van der Waals surface area contributed by atoms with Crippen molar-refractivity contribution in [1.29, 1.82) is 0 Å². The minimum absolute atomic E-state index is 0.0348. The van der Waals surface area contributed by atoms with Crippen molar-refractivity contribution < 1.29 is 14.7 Å². The number of nitrogens with zero attached hydrogens (tertiary/aromatic N) is 3. The molecule has 6 nitrogen and oxygen atoms in total. The van der Waals surface area contributed by atoms with Gasteiger partial charge >= 0.3 is 5.91 Å². The molecule has 1 saturated heterocycles. The molecule has 1 aliphatic rings. The van der Waals surface area contributed by atoms with E-state index in [0.29, 0.717) is 22.7 Å². The molecular formula is C21H16BrN3O3S. The zero-order valence-electron chi connectivity index (χ0n) is 15.4. The molecule has 1 unspecified atom stereocenters. The normalized spacial score (nSPS) is 18.4. The summed E-state index contributed by atoms with van der Waals surface area (Å²) >= 11 is 4.70. The molecule has 3 aromatic rings. The number of halogens is 1. The summed E-state index contributed by atoms with van der Waals surface area (Å²) in [5.41, 5.74) is 1.19. The van der Waals surface area contributed by atoms with E-state index in [1.807, 2.05) is 37.3 Å². The molecule has 1 N–H and O–H groups in total. The van der Waals surface area contributed by atoms with Crippen molar-refractivity contribution in [3.63, 3.8) is 0 Å². The average Bonchev–Trinajstić information content (AvgIpc) is 3.31. The van der Waals surface area contributed by atoms with E-state index in [9.17, 15) is 14.7 Å². The Morgan fingerprint density at radius 1 is 1.14 bits per heavy atom. The van der Waals surface area contributed by atoms with Crippen LogP contribution >= 0.6 is 27.3 Å². The van der Waals surface area contributed by atoms with E-state index in [1.165, 1.54) is 16.2 Å². The van der Waals surface area contributed by atoms with Gasteiger partial charge in [0.1, 0.15) is 10.8 Å². The number of rotatable bonds is 4. The first-order valence-electron chi connectivity index (χ1n) is 8.95. The highest BCUT2D eigenvalue weighted by Gasteiger charge is 2.48. The summed E-state index contributed by atoms with van der Waals surface area (Å²) < 4.78 is 0.798. The number of Topliss-reactive ketones (excluding diaryl/α,β-unsaturated/α-hetero) is 1. The molecule has 0 spiro atoms. The first kappa shape index (κ1) is 19.5. The Bertz CT molecular complexity index is 1130. The molecule has 8 heteroatoms. The summed E-state index contributed by atoms with van der Waals surface area (Å²) in [4.78, 5) is 27.3. The van der Waals surface area contributed by atoms with Crippen LogP contribution < -0.4 is 4.90 Å². The second kappa shape index (κ2) is 7.88. The van der Waals surface area contributed by atoms with E-state index in [0.717, 1.165) is 9.48 Å². The summed E-state index contributed by atoms with van der Waals surface area (Å²) in [6.45, 7) is 1.94. The molecule has 0 aliphatic carbocycles. The fourth-order valence-corrected chi connectivity index (χ4v) is 4.48. The van der Waals surface area contributed by atoms with E-state index in [1.54, 1.807) is 24.3 Å². The number of aromatic nitrogens is 2. The third kappa shape index (κ3) is 3.49.